The largest absolute Gasteiger partial charge is 0.466 e. The van der Waals surface area contributed by atoms with Crippen molar-refractivity contribution in [2.24, 2.45) is 0 Å². The van der Waals surface area contributed by atoms with Gasteiger partial charge in [0.15, 0.2) is 0 Å². The number of hydrogen-bond donors (Lipinski definition) is 2. The van der Waals surface area contributed by atoms with Crippen molar-refractivity contribution in [3.63, 3.8) is 0 Å². The van der Waals surface area contributed by atoms with E-state index in [-0.39, 0.29) is 6.03 Å². The Hall–Kier alpha value is -3.39. The molecule has 0 unspecified atom stereocenters. The summed E-state index contributed by atoms with van der Waals surface area (Å²) in [6.07, 6.45) is 2.72. The molecule has 1 atom stereocenters. The van der Waals surface area contributed by atoms with E-state index in [2.05, 4.69) is 32.3 Å². The number of rotatable bonds is 6. The van der Waals surface area contributed by atoms with E-state index in [0.29, 0.717) is 17.8 Å². The van der Waals surface area contributed by atoms with Crippen LogP contribution in [0, 0.1) is 0 Å². The minimum atomic E-state index is -0.549. The van der Waals surface area contributed by atoms with Gasteiger partial charge in [0.25, 0.3) is 0 Å². The van der Waals surface area contributed by atoms with Crippen LogP contribution in [0.2, 0.25) is 0 Å². The molecule has 0 bridgehead atoms. The highest BCUT2D eigenvalue weighted by molar-refractivity contribution is 5.95. The fourth-order valence-electron chi connectivity index (χ4n) is 4.19. The molecule has 1 aromatic carbocycles. The number of anilines is 1. The second kappa shape index (κ2) is 9.82. The third kappa shape index (κ3) is 4.75. The topological polar surface area (TPSA) is 86.8 Å². The van der Waals surface area contributed by atoms with Gasteiger partial charge in [0.05, 0.1) is 18.7 Å². The Labute approximate surface area is 188 Å². The fourth-order valence-corrected chi connectivity index (χ4v) is 4.19. The zero-order valence-corrected chi connectivity index (χ0v) is 18.5. The number of methoxy groups -OCH3 is 1. The first-order chi connectivity index (χ1) is 15.6. The number of aryl methyl sites for hydroxylation is 1. The van der Waals surface area contributed by atoms with Crippen LogP contribution in [-0.4, -0.2) is 61.7 Å². The molecular weight excluding hydrogens is 406 g/mol. The molecule has 1 saturated heterocycles. The second-order valence-electron chi connectivity index (χ2n) is 7.96. The van der Waals surface area contributed by atoms with E-state index >= 15 is 0 Å². The van der Waals surface area contributed by atoms with Crippen LogP contribution in [-0.2, 0) is 16.0 Å². The van der Waals surface area contributed by atoms with E-state index in [0.717, 1.165) is 44.0 Å². The Morgan fingerprint density at radius 1 is 1.12 bits per heavy atom. The smallest absolute Gasteiger partial charge is 0.338 e. The predicted octanol–water partition coefficient (Wildman–Crippen LogP) is 2.25. The number of urea groups is 1. The third-order valence-corrected chi connectivity index (χ3v) is 6.01. The van der Waals surface area contributed by atoms with Crippen LogP contribution in [0.3, 0.4) is 0 Å². The monoisotopic (exact) mass is 435 g/mol. The Kier molecular flexibility index (Phi) is 6.70. The lowest BCUT2D eigenvalue weighted by Crippen LogP contribution is -2.51. The average Bonchev–Trinajstić information content (AvgIpc) is 2.84. The van der Waals surface area contributed by atoms with Gasteiger partial charge in [0.2, 0.25) is 0 Å². The lowest BCUT2D eigenvalue weighted by molar-refractivity contribution is -0.136. The highest BCUT2D eigenvalue weighted by atomic mass is 16.5. The minimum absolute atomic E-state index is 0.315. The van der Waals surface area contributed by atoms with Gasteiger partial charge in [-0.25, -0.2) is 14.6 Å². The number of ether oxygens (including phenoxy) is 1. The number of carbonyl (C=O) groups is 2. The zero-order chi connectivity index (χ0) is 22.5. The number of nitrogens with zero attached hydrogens (tertiary/aromatic N) is 3. The quantitative estimate of drug-likeness (QED) is 0.677. The van der Waals surface area contributed by atoms with Gasteiger partial charge in [-0.15, -0.1) is 0 Å². The van der Waals surface area contributed by atoms with Crippen LogP contribution in [0.5, 0.6) is 0 Å². The molecule has 32 heavy (non-hydrogen) atoms. The van der Waals surface area contributed by atoms with Crippen molar-refractivity contribution in [1.29, 1.82) is 0 Å². The van der Waals surface area contributed by atoms with E-state index in [4.69, 9.17) is 4.74 Å². The number of carbonyl (C=O) groups excluding carboxylic acids is 2. The normalized spacial score (nSPS) is 19.4. The van der Waals surface area contributed by atoms with Crippen LogP contribution in [0.15, 0.2) is 59.9 Å². The van der Waals surface area contributed by atoms with Crippen LogP contribution in [0.4, 0.5) is 10.6 Å². The number of piperazine rings is 1. The van der Waals surface area contributed by atoms with Gasteiger partial charge < -0.3 is 20.3 Å². The minimum Gasteiger partial charge on any atom is -0.466 e. The molecular formula is C24H29N5O3. The Bertz CT molecular complexity index is 982. The number of aromatic nitrogens is 1. The van der Waals surface area contributed by atoms with Crippen molar-refractivity contribution in [3.8, 4) is 0 Å². The van der Waals surface area contributed by atoms with Gasteiger partial charge in [-0.2, -0.15) is 0 Å². The molecule has 8 heteroatoms. The summed E-state index contributed by atoms with van der Waals surface area (Å²) >= 11 is 0. The van der Waals surface area contributed by atoms with E-state index in [9.17, 15) is 9.59 Å². The van der Waals surface area contributed by atoms with Crippen molar-refractivity contribution in [2.45, 2.75) is 19.4 Å². The molecule has 2 N–H and O–H groups in total. The third-order valence-electron chi connectivity index (χ3n) is 6.01. The number of amides is 2. The maximum absolute atomic E-state index is 12.8. The lowest BCUT2D eigenvalue weighted by Gasteiger charge is -2.37. The van der Waals surface area contributed by atoms with Crippen LogP contribution >= 0.6 is 0 Å². The Morgan fingerprint density at radius 3 is 2.50 bits per heavy atom. The first-order valence-corrected chi connectivity index (χ1v) is 10.9. The molecule has 8 nitrogen and oxygen atoms in total. The summed E-state index contributed by atoms with van der Waals surface area (Å²) in [7, 11) is 1.37. The maximum atomic E-state index is 12.8. The zero-order valence-electron chi connectivity index (χ0n) is 18.5. The highest BCUT2D eigenvalue weighted by Gasteiger charge is 2.34. The van der Waals surface area contributed by atoms with Crippen molar-refractivity contribution in [2.75, 3.05) is 44.7 Å². The van der Waals surface area contributed by atoms with Crippen molar-refractivity contribution >= 4 is 17.8 Å². The summed E-state index contributed by atoms with van der Waals surface area (Å²) in [6, 6.07) is 13.0. The molecule has 168 valence electrons. The highest BCUT2D eigenvalue weighted by Crippen LogP contribution is 2.28. The summed E-state index contributed by atoms with van der Waals surface area (Å²) in [4.78, 5) is 34.1. The second-order valence-corrected chi connectivity index (χ2v) is 7.96. The lowest BCUT2D eigenvalue weighted by atomic mass is 9.94. The van der Waals surface area contributed by atoms with Gasteiger partial charge in [0, 0.05) is 44.6 Å². The molecule has 3 heterocycles. The van der Waals surface area contributed by atoms with Crippen molar-refractivity contribution in [3.05, 3.63) is 71.1 Å². The summed E-state index contributed by atoms with van der Waals surface area (Å²) in [5, 5.41) is 5.74. The molecule has 0 aliphatic carbocycles. The van der Waals surface area contributed by atoms with Gasteiger partial charge >= 0.3 is 12.0 Å². The molecule has 0 spiro atoms. The Morgan fingerprint density at radius 2 is 1.88 bits per heavy atom. The average molecular weight is 436 g/mol. The standard InChI is InChI=1S/C24H29N5O3/c1-3-17-7-9-18(10-8-17)22-21(23(30)32-2)19(26-24(31)27-22)16-28-12-14-29(15-13-28)20-6-4-5-11-25-20/h4-11,22H,3,12-16H2,1-2H3,(H2,26,27,31)/t22-/m0/s1. The van der Waals surface area contributed by atoms with Crippen LogP contribution < -0.4 is 15.5 Å². The van der Waals surface area contributed by atoms with Gasteiger partial charge in [-0.1, -0.05) is 37.3 Å². The van der Waals surface area contributed by atoms with E-state index in [1.165, 1.54) is 12.7 Å². The molecule has 2 aliphatic heterocycles. The van der Waals surface area contributed by atoms with E-state index in [1.807, 2.05) is 42.5 Å². The molecule has 1 aromatic heterocycles. The fraction of sp³-hybridized carbons (Fsp3) is 0.375. The van der Waals surface area contributed by atoms with E-state index < -0.39 is 12.0 Å². The van der Waals surface area contributed by atoms with Crippen molar-refractivity contribution < 1.29 is 14.3 Å². The first-order valence-electron chi connectivity index (χ1n) is 10.9. The molecule has 1 fully saturated rings. The molecule has 2 aliphatic rings. The Balaban J connectivity index is 1.54. The SMILES string of the molecule is CCc1ccc([C@@H]2NC(=O)NC(CN3CCN(c4ccccn4)CC3)=C2C(=O)OC)cc1. The van der Waals surface area contributed by atoms with Crippen molar-refractivity contribution in [1.82, 2.24) is 20.5 Å². The number of pyridine rings is 1. The van der Waals surface area contributed by atoms with Gasteiger partial charge in [0.1, 0.15) is 5.82 Å². The number of hydrogen-bond acceptors (Lipinski definition) is 6. The first kappa shape index (κ1) is 21.8. The van der Waals surface area contributed by atoms with E-state index in [1.54, 1.807) is 6.20 Å². The van der Waals surface area contributed by atoms with Crippen LogP contribution in [0.25, 0.3) is 0 Å². The molecule has 0 radical (unpaired) electrons. The summed E-state index contributed by atoms with van der Waals surface area (Å²) in [5.74, 6) is 0.525. The number of esters is 1. The number of benzene rings is 1. The summed E-state index contributed by atoms with van der Waals surface area (Å²) < 4.78 is 5.09. The maximum Gasteiger partial charge on any atom is 0.338 e. The van der Waals surface area contributed by atoms with Gasteiger partial charge in [-0.3, -0.25) is 4.90 Å². The molecule has 0 saturated carbocycles. The summed E-state index contributed by atoms with van der Waals surface area (Å²) in [6.45, 7) is 5.81. The number of nitrogens with one attached hydrogen (secondary N) is 2. The van der Waals surface area contributed by atoms with Gasteiger partial charge in [-0.05, 0) is 29.7 Å². The summed E-state index contributed by atoms with van der Waals surface area (Å²) in [5.41, 5.74) is 3.10. The predicted molar refractivity (Wildman–Crippen MR) is 122 cm³/mol. The molecule has 2 aromatic rings. The van der Waals surface area contributed by atoms with Crippen LogP contribution in [0.1, 0.15) is 24.1 Å². The molecule has 2 amide bonds. The molecule has 4 rings (SSSR count).